The third-order valence-electron chi connectivity index (χ3n) is 4.07. The molecular formula is C15H21ClN2O2. The molecule has 0 aromatic heterocycles. The SMILES string of the molecule is CCCNC1CCCC1Cc1c(Cl)cccc1[N+](=O)[O-]. The van der Waals surface area contributed by atoms with Crippen molar-refractivity contribution in [3.63, 3.8) is 0 Å². The average molecular weight is 297 g/mol. The minimum Gasteiger partial charge on any atom is -0.314 e. The zero-order chi connectivity index (χ0) is 14.5. The number of nitrogens with zero attached hydrogens (tertiary/aromatic N) is 1. The smallest absolute Gasteiger partial charge is 0.274 e. The molecule has 0 heterocycles. The molecule has 110 valence electrons. The fourth-order valence-electron chi connectivity index (χ4n) is 3.06. The highest BCUT2D eigenvalue weighted by Crippen LogP contribution is 2.34. The molecule has 0 radical (unpaired) electrons. The first-order valence-electron chi connectivity index (χ1n) is 7.28. The maximum Gasteiger partial charge on any atom is 0.274 e. The number of hydrogen-bond donors (Lipinski definition) is 1. The second kappa shape index (κ2) is 7.04. The van der Waals surface area contributed by atoms with E-state index in [1.807, 2.05) is 0 Å². The Kier molecular flexibility index (Phi) is 5.38. The molecule has 2 unspecified atom stereocenters. The Labute approximate surface area is 124 Å². The molecule has 1 aromatic rings. The topological polar surface area (TPSA) is 55.2 Å². The van der Waals surface area contributed by atoms with Crippen molar-refractivity contribution in [3.05, 3.63) is 38.9 Å². The minimum atomic E-state index is -0.329. The first kappa shape index (κ1) is 15.3. The lowest BCUT2D eigenvalue weighted by molar-refractivity contribution is -0.385. The number of hydrogen-bond acceptors (Lipinski definition) is 3. The molecule has 0 amide bonds. The van der Waals surface area contributed by atoms with E-state index in [1.165, 1.54) is 6.42 Å². The maximum absolute atomic E-state index is 11.1. The van der Waals surface area contributed by atoms with E-state index in [2.05, 4.69) is 12.2 Å². The Bertz CT molecular complexity index is 479. The second-order valence-corrected chi connectivity index (χ2v) is 5.86. The number of rotatable bonds is 6. The molecule has 20 heavy (non-hydrogen) atoms. The average Bonchev–Trinajstić information content (AvgIpc) is 2.85. The number of nitrogens with one attached hydrogen (secondary N) is 1. The van der Waals surface area contributed by atoms with Crippen LogP contribution in [0.5, 0.6) is 0 Å². The highest BCUT2D eigenvalue weighted by atomic mass is 35.5. The fraction of sp³-hybridized carbons (Fsp3) is 0.600. The lowest BCUT2D eigenvalue weighted by atomic mass is 9.93. The van der Waals surface area contributed by atoms with E-state index >= 15 is 0 Å². The molecule has 0 spiro atoms. The van der Waals surface area contributed by atoms with Crippen molar-refractivity contribution in [2.45, 2.75) is 45.1 Å². The van der Waals surface area contributed by atoms with Gasteiger partial charge in [0.25, 0.3) is 5.69 Å². The quantitative estimate of drug-likeness (QED) is 0.638. The molecule has 1 aliphatic rings. The Morgan fingerprint density at radius 1 is 1.45 bits per heavy atom. The molecular weight excluding hydrogens is 276 g/mol. The van der Waals surface area contributed by atoms with E-state index in [1.54, 1.807) is 18.2 Å². The van der Waals surface area contributed by atoms with E-state index in [9.17, 15) is 10.1 Å². The Balaban J connectivity index is 2.14. The molecule has 1 saturated carbocycles. The van der Waals surface area contributed by atoms with E-state index in [4.69, 9.17) is 11.6 Å². The first-order valence-corrected chi connectivity index (χ1v) is 7.66. The van der Waals surface area contributed by atoms with Crippen LogP contribution in [0.15, 0.2) is 18.2 Å². The predicted molar refractivity (Wildman–Crippen MR) is 81.2 cm³/mol. The molecule has 0 saturated heterocycles. The summed E-state index contributed by atoms with van der Waals surface area (Å²) in [4.78, 5) is 10.8. The highest BCUT2D eigenvalue weighted by Gasteiger charge is 2.29. The van der Waals surface area contributed by atoms with Crippen LogP contribution in [0.25, 0.3) is 0 Å². The van der Waals surface area contributed by atoms with Crippen molar-refractivity contribution in [2.75, 3.05) is 6.54 Å². The minimum absolute atomic E-state index is 0.152. The summed E-state index contributed by atoms with van der Waals surface area (Å²) in [5.41, 5.74) is 0.841. The van der Waals surface area contributed by atoms with Crippen molar-refractivity contribution in [1.29, 1.82) is 0 Å². The Morgan fingerprint density at radius 2 is 2.25 bits per heavy atom. The number of benzene rings is 1. The van der Waals surface area contributed by atoms with Gasteiger partial charge in [-0.05, 0) is 44.2 Å². The van der Waals surface area contributed by atoms with Gasteiger partial charge in [-0.15, -0.1) is 0 Å². The molecule has 1 aliphatic carbocycles. The molecule has 2 atom stereocenters. The summed E-state index contributed by atoms with van der Waals surface area (Å²) >= 11 is 6.18. The number of nitro benzene ring substituents is 1. The molecule has 1 fully saturated rings. The van der Waals surface area contributed by atoms with Gasteiger partial charge in [-0.2, -0.15) is 0 Å². The van der Waals surface area contributed by atoms with Crippen molar-refractivity contribution in [3.8, 4) is 0 Å². The lowest BCUT2D eigenvalue weighted by Crippen LogP contribution is -2.34. The third-order valence-corrected chi connectivity index (χ3v) is 4.43. The Morgan fingerprint density at radius 3 is 2.95 bits per heavy atom. The number of nitro groups is 1. The van der Waals surface area contributed by atoms with Crippen LogP contribution in [-0.4, -0.2) is 17.5 Å². The van der Waals surface area contributed by atoms with Crippen LogP contribution in [0.2, 0.25) is 5.02 Å². The Hall–Kier alpha value is -1.13. The molecule has 5 heteroatoms. The van der Waals surface area contributed by atoms with Gasteiger partial charge in [-0.25, -0.2) is 0 Å². The summed E-state index contributed by atoms with van der Waals surface area (Å²) < 4.78 is 0. The van der Waals surface area contributed by atoms with Gasteiger partial charge in [0.1, 0.15) is 0 Å². The van der Waals surface area contributed by atoms with E-state index in [0.29, 0.717) is 29.0 Å². The molecule has 0 aliphatic heterocycles. The van der Waals surface area contributed by atoms with Gasteiger partial charge in [0.2, 0.25) is 0 Å². The molecule has 0 bridgehead atoms. The standard InChI is InChI=1S/C15H21ClN2O2/c1-2-9-17-14-7-3-5-11(14)10-12-13(16)6-4-8-15(12)18(19)20/h4,6,8,11,14,17H,2-3,5,7,9-10H2,1H3. The highest BCUT2D eigenvalue weighted by molar-refractivity contribution is 6.31. The number of halogens is 1. The van der Waals surface area contributed by atoms with E-state index < -0.39 is 0 Å². The van der Waals surface area contributed by atoms with Gasteiger partial charge in [-0.1, -0.05) is 31.0 Å². The van der Waals surface area contributed by atoms with Crippen LogP contribution in [0.3, 0.4) is 0 Å². The van der Waals surface area contributed by atoms with Gasteiger partial charge < -0.3 is 5.32 Å². The maximum atomic E-state index is 11.1. The summed E-state index contributed by atoms with van der Waals surface area (Å²) in [5.74, 6) is 0.445. The van der Waals surface area contributed by atoms with Crippen LogP contribution in [0.4, 0.5) is 5.69 Å². The molecule has 1 aromatic carbocycles. The molecule has 1 N–H and O–H groups in total. The predicted octanol–water partition coefficient (Wildman–Crippen LogP) is 3.96. The van der Waals surface area contributed by atoms with Crippen LogP contribution in [0.1, 0.15) is 38.2 Å². The summed E-state index contributed by atoms with van der Waals surface area (Å²) in [6.45, 7) is 3.15. The van der Waals surface area contributed by atoms with Gasteiger partial charge >= 0.3 is 0 Å². The van der Waals surface area contributed by atoms with Gasteiger partial charge in [0.15, 0.2) is 0 Å². The monoisotopic (exact) mass is 296 g/mol. The first-order chi connectivity index (χ1) is 9.63. The van der Waals surface area contributed by atoms with Crippen molar-refractivity contribution >= 4 is 17.3 Å². The van der Waals surface area contributed by atoms with Gasteiger partial charge in [0.05, 0.1) is 9.95 Å². The van der Waals surface area contributed by atoms with Crippen molar-refractivity contribution in [1.82, 2.24) is 5.32 Å². The van der Waals surface area contributed by atoms with Crippen LogP contribution >= 0.6 is 11.6 Å². The van der Waals surface area contributed by atoms with Gasteiger partial charge in [0, 0.05) is 17.7 Å². The fourth-order valence-corrected chi connectivity index (χ4v) is 3.31. The van der Waals surface area contributed by atoms with Crippen molar-refractivity contribution < 1.29 is 4.92 Å². The zero-order valence-electron chi connectivity index (χ0n) is 11.8. The lowest BCUT2D eigenvalue weighted by Gasteiger charge is -2.21. The second-order valence-electron chi connectivity index (χ2n) is 5.45. The summed E-state index contributed by atoms with van der Waals surface area (Å²) in [6.07, 6.45) is 5.25. The van der Waals surface area contributed by atoms with Crippen LogP contribution in [-0.2, 0) is 6.42 Å². The molecule has 4 nitrogen and oxygen atoms in total. The van der Waals surface area contributed by atoms with Crippen LogP contribution < -0.4 is 5.32 Å². The van der Waals surface area contributed by atoms with E-state index in [-0.39, 0.29) is 10.6 Å². The summed E-state index contributed by atoms with van der Waals surface area (Å²) in [5, 5.41) is 15.2. The van der Waals surface area contributed by atoms with E-state index in [0.717, 1.165) is 25.8 Å². The largest absolute Gasteiger partial charge is 0.314 e. The zero-order valence-corrected chi connectivity index (χ0v) is 12.5. The molecule has 2 rings (SSSR count). The third kappa shape index (κ3) is 3.49. The summed E-state index contributed by atoms with van der Waals surface area (Å²) in [6, 6.07) is 5.40. The van der Waals surface area contributed by atoms with Gasteiger partial charge in [-0.3, -0.25) is 10.1 Å². The summed E-state index contributed by atoms with van der Waals surface area (Å²) in [7, 11) is 0. The normalized spacial score (nSPS) is 22.1. The van der Waals surface area contributed by atoms with Crippen LogP contribution in [0, 0.1) is 16.0 Å². The van der Waals surface area contributed by atoms with Crippen molar-refractivity contribution in [2.24, 2.45) is 5.92 Å².